The molecule has 0 bridgehead atoms. The van der Waals surface area contributed by atoms with E-state index in [1.807, 2.05) is 0 Å². The highest BCUT2D eigenvalue weighted by Gasteiger charge is 2.19. The van der Waals surface area contributed by atoms with Crippen molar-refractivity contribution in [2.45, 2.75) is 38.1 Å². The Labute approximate surface area is 117 Å². The molecule has 1 N–H and O–H groups in total. The van der Waals surface area contributed by atoms with E-state index in [0.29, 0.717) is 0 Å². The molecule has 1 aromatic carbocycles. The van der Waals surface area contributed by atoms with Crippen LogP contribution in [0.15, 0.2) is 18.2 Å². The van der Waals surface area contributed by atoms with Crippen molar-refractivity contribution in [2.24, 2.45) is 0 Å². The Kier molecular flexibility index (Phi) is 3.48. The first-order valence-corrected chi connectivity index (χ1v) is 7.64. The lowest BCUT2D eigenvalue weighted by atomic mass is 10.0. The molecule has 18 heavy (non-hydrogen) atoms. The zero-order valence-electron chi connectivity index (χ0n) is 11.0. The Bertz CT molecular complexity index is 571. The molecule has 2 radical (unpaired) electrons. The van der Waals surface area contributed by atoms with Crippen LogP contribution in [0.4, 0.5) is 0 Å². The maximum absolute atomic E-state index is 3.50. The number of aromatic nitrogens is 1. The maximum Gasteiger partial charge on any atom is 0.118 e. The molecule has 1 aliphatic heterocycles. The largest absolute Gasteiger partial charge is 0.344 e. The first kappa shape index (κ1) is 12.3. The quantitative estimate of drug-likeness (QED) is 0.833. The minimum absolute atomic E-state index is 1.03. The van der Waals surface area contributed by atoms with E-state index < -0.39 is 0 Å². The van der Waals surface area contributed by atoms with Crippen molar-refractivity contribution in [3.05, 3.63) is 35.0 Å². The third-order valence-electron chi connectivity index (χ3n) is 3.87. The number of aryl methyl sites for hydroxylation is 2. The van der Waals surface area contributed by atoms with E-state index in [2.05, 4.69) is 51.3 Å². The molecular weight excluding hydrogens is 235 g/mol. The summed E-state index contributed by atoms with van der Waals surface area (Å²) in [7, 11) is 0. The van der Waals surface area contributed by atoms with Crippen molar-refractivity contribution in [3.8, 4) is 0 Å². The third kappa shape index (κ3) is 2.01. The lowest BCUT2D eigenvalue weighted by molar-refractivity contribution is 0.590. The minimum Gasteiger partial charge on any atom is -0.344 e. The van der Waals surface area contributed by atoms with Crippen molar-refractivity contribution in [3.63, 3.8) is 0 Å². The topological polar surface area (TPSA) is 17.0 Å². The molecule has 92 valence electrons. The number of hydrogen-bond donors (Lipinski definition) is 1. The van der Waals surface area contributed by atoms with Crippen molar-refractivity contribution >= 4 is 27.2 Å². The smallest absolute Gasteiger partial charge is 0.118 e. The van der Waals surface area contributed by atoms with Gasteiger partial charge in [0.15, 0.2) is 0 Å². The molecule has 0 saturated carbocycles. The molecule has 0 atom stereocenters. The van der Waals surface area contributed by atoms with Crippen LogP contribution in [0.1, 0.15) is 23.2 Å². The van der Waals surface area contributed by atoms with E-state index >= 15 is 0 Å². The standard InChI is InChI=1S/C15H19N2.Al/c1-3-8-17-14-5-4-11(2)9-12(14)13-10-16-7-6-15(13)17;/h4-5,9,16H,1,3,6-8,10H2,2H3;. The predicted octanol–water partition coefficient (Wildman–Crippen LogP) is 2.57. The third-order valence-corrected chi connectivity index (χ3v) is 4.28. The second-order valence-electron chi connectivity index (χ2n) is 5.17. The van der Waals surface area contributed by atoms with Crippen LogP contribution in [-0.2, 0) is 19.5 Å². The zero-order valence-corrected chi connectivity index (χ0v) is 12.2. The van der Waals surface area contributed by atoms with Gasteiger partial charge in [0.2, 0.25) is 0 Å². The molecule has 2 heterocycles. The molecule has 1 aromatic heterocycles. The van der Waals surface area contributed by atoms with Crippen LogP contribution in [0, 0.1) is 6.92 Å². The van der Waals surface area contributed by atoms with Gasteiger partial charge in [-0.25, -0.2) is 0 Å². The highest BCUT2D eigenvalue weighted by atomic mass is 27.0. The average molecular weight is 254 g/mol. The van der Waals surface area contributed by atoms with Gasteiger partial charge in [-0.1, -0.05) is 11.6 Å². The van der Waals surface area contributed by atoms with Gasteiger partial charge in [-0.3, -0.25) is 0 Å². The molecular formula is C15H19AlN2. The Morgan fingerprint density at radius 1 is 1.39 bits per heavy atom. The van der Waals surface area contributed by atoms with E-state index in [-0.39, 0.29) is 0 Å². The molecule has 2 nitrogen and oxygen atoms in total. The normalized spacial score (nSPS) is 14.9. The molecule has 1 aliphatic rings. The van der Waals surface area contributed by atoms with Gasteiger partial charge in [-0.15, -0.1) is 5.28 Å². The monoisotopic (exact) mass is 254 g/mol. The molecule has 0 unspecified atom stereocenters. The number of hydrogen-bond acceptors (Lipinski definition) is 1. The Hall–Kier alpha value is -0.748. The van der Waals surface area contributed by atoms with Crippen LogP contribution < -0.4 is 5.32 Å². The van der Waals surface area contributed by atoms with E-state index in [9.17, 15) is 0 Å². The summed E-state index contributed by atoms with van der Waals surface area (Å²) in [4.78, 5) is 0. The van der Waals surface area contributed by atoms with Gasteiger partial charge in [0.1, 0.15) is 16.3 Å². The molecule has 3 heteroatoms. The molecule has 2 aromatic rings. The number of nitrogens with one attached hydrogen (secondary N) is 1. The van der Waals surface area contributed by atoms with Gasteiger partial charge < -0.3 is 9.88 Å². The van der Waals surface area contributed by atoms with Crippen molar-refractivity contribution in [1.29, 1.82) is 0 Å². The summed E-state index contributed by atoms with van der Waals surface area (Å²) < 4.78 is 2.55. The van der Waals surface area contributed by atoms with Crippen LogP contribution in [0.25, 0.3) is 10.9 Å². The second-order valence-corrected chi connectivity index (χ2v) is 5.74. The van der Waals surface area contributed by atoms with Gasteiger partial charge in [0, 0.05) is 42.7 Å². The summed E-state index contributed by atoms with van der Waals surface area (Å²) in [5.41, 5.74) is 5.88. The maximum atomic E-state index is 3.50. The summed E-state index contributed by atoms with van der Waals surface area (Å²) in [5.74, 6) is 0. The Balaban J connectivity index is 2.19. The summed E-state index contributed by atoms with van der Waals surface area (Å²) in [5, 5.41) is 6.14. The van der Waals surface area contributed by atoms with Crippen molar-refractivity contribution in [1.82, 2.24) is 9.88 Å². The van der Waals surface area contributed by atoms with Crippen molar-refractivity contribution < 1.29 is 0 Å². The lowest BCUT2D eigenvalue weighted by Gasteiger charge is -2.17. The van der Waals surface area contributed by atoms with Crippen LogP contribution in [0.2, 0.25) is 5.28 Å². The highest BCUT2D eigenvalue weighted by molar-refractivity contribution is 6.08. The van der Waals surface area contributed by atoms with Crippen LogP contribution in [0.5, 0.6) is 0 Å². The molecule has 0 aliphatic carbocycles. The van der Waals surface area contributed by atoms with Gasteiger partial charge in [-0.05, 0) is 31.0 Å². The fourth-order valence-electron chi connectivity index (χ4n) is 3.00. The molecule has 0 spiro atoms. The zero-order chi connectivity index (χ0) is 12.5. The molecule has 0 fully saturated rings. The first-order valence-electron chi connectivity index (χ1n) is 6.82. The van der Waals surface area contributed by atoms with E-state index in [4.69, 9.17) is 0 Å². The van der Waals surface area contributed by atoms with Crippen LogP contribution >= 0.6 is 0 Å². The van der Waals surface area contributed by atoms with E-state index in [0.717, 1.165) is 19.6 Å². The highest BCUT2D eigenvalue weighted by Crippen LogP contribution is 2.29. The fourth-order valence-corrected chi connectivity index (χ4v) is 3.18. The summed E-state index contributed by atoms with van der Waals surface area (Å²) >= 11 is 2.83. The summed E-state index contributed by atoms with van der Waals surface area (Å²) in [6, 6.07) is 6.88. The summed E-state index contributed by atoms with van der Waals surface area (Å²) in [6.45, 7) is 5.48. The predicted molar refractivity (Wildman–Crippen MR) is 77.3 cm³/mol. The van der Waals surface area contributed by atoms with E-state index in [1.165, 1.54) is 40.2 Å². The molecule has 0 saturated heterocycles. The molecule has 3 rings (SSSR count). The molecule has 0 amide bonds. The number of nitrogens with zero attached hydrogens (tertiary/aromatic N) is 1. The Morgan fingerprint density at radius 3 is 3.11 bits per heavy atom. The average Bonchev–Trinajstić information content (AvgIpc) is 2.70. The van der Waals surface area contributed by atoms with Gasteiger partial charge in [-0.2, -0.15) is 0 Å². The van der Waals surface area contributed by atoms with Crippen molar-refractivity contribution in [2.75, 3.05) is 6.54 Å². The van der Waals surface area contributed by atoms with Gasteiger partial charge >= 0.3 is 0 Å². The SMILES string of the molecule is Cc1ccc2c(c1)c1c(n2CC[CH2][Al])CCNC1. The van der Waals surface area contributed by atoms with Crippen LogP contribution in [-0.4, -0.2) is 27.4 Å². The first-order chi connectivity index (χ1) is 8.81. The number of fused-ring (bicyclic) bond motifs is 3. The number of rotatable bonds is 3. The summed E-state index contributed by atoms with van der Waals surface area (Å²) in [6.07, 6.45) is 2.40. The van der Waals surface area contributed by atoms with Gasteiger partial charge in [0.05, 0.1) is 0 Å². The van der Waals surface area contributed by atoms with E-state index in [1.54, 1.807) is 5.69 Å². The Morgan fingerprint density at radius 2 is 2.28 bits per heavy atom. The van der Waals surface area contributed by atoms with Gasteiger partial charge in [0.25, 0.3) is 0 Å². The number of benzene rings is 1. The fraction of sp³-hybridized carbons (Fsp3) is 0.467. The second kappa shape index (κ2) is 5.09. The lowest BCUT2D eigenvalue weighted by Crippen LogP contribution is -2.24. The minimum atomic E-state index is 1.03. The van der Waals surface area contributed by atoms with Crippen LogP contribution in [0.3, 0.4) is 0 Å².